The van der Waals surface area contributed by atoms with Gasteiger partial charge in [0.2, 0.25) is 0 Å². The lowest BCUT2D eigenvalue weighted by Crippen LogP contribution is -2.21. The third-order valence-corrected chi connectivity index (χ3v) is 2.92. The third kappa shape index (κ3) is 1.51. The molecule has 0 aliphatic heterocycles. The van der Waals surface area contributed by atoms with E-state index in [9.17, 15) is 4.79 Å². The highest BCUT2D eigenvalue weighted by molar-refractivity contribution is 6.37. The van der Waals surface area contributed by atoms with Crippen LogP contribution in [-0.2, 0) is 11.3 Å². The van der Waals surface area contributed by atoms with Gasteiger partial charge in [-0.25, -0.2) is 4.98 Å². The molecule has 4 nitrogen and oxygen atoms in total. The van der Waals surface area contributed by atoms with Gasteiger partial charge in [-0.3, -0.25) is 4.79 Å². The Bertz CT molecular complexity index is 414. The second-order valence-electron chi connectivity index (χ2n) is 3.41. The lowest BCUT2D eigenvalue weighted by atomic mass is 10.2. The Morgan fingerprint density at radius 2 is 2.50 bits per heavy atom. The van der Waals surface area contributed by atoms with Crippen LogP contribution in [0.4, 0.5) is 0 Å². The minimum Gasteiger partial charge on any atom is -0.315 e. The first-order valence-corrected chi connectivity index (χ1v) is 4.66. The van der Waals surface area contributed by atoms with Crippen molar-refractivity contribution in [3.63, 3.8) is 0 Å². The number of carbonyl (C=O) groups is 1. The Morgan fingerprint density at radius 1 is 1.79 bits per heavy atom. The first-order chi connectivity index (χ1) is 6.65. The first-order valence-electron chi connectivity index (χ1n) is 4.28. The van der Waals surface area contributed by atoms with Crippen LogP contribution in [0.1, 0.15) is 18.5 Å². The summed E-state index contributed by atoms with van der Waals surface area (Å²) in [6.07, 6.45) is 4.38. The Labute approximate surface area is 86.1 Å². The van der Waals surface area contributed by atoms with Gasteiger partial charge in [0, 0.05) is 0 Å². The fraction of sp³-hybridized carbons (Fsp3) is 0.444. The van der Waals surface area contributed by atoms with E-state index in [2.05, 4.69) is 4.98 Å². The molecule has 1 fully saturated rings. The SMILES string of the molecule is N#Cc1cncn1CC(=O)C1(Cl)CC1. The number of alkyl halides is 1. The summed E-state index contributed by atoms with van der Waals surface area (Å²) in [5.74, 6) is -0.0336. The molecule has 0 radical (unpaired) electrons. The second-order valence-corrected chi connectivity index (χ2v) is 4.13. The zero-order valence-corrected chi connectivity index (χ0v) is 8.16. The maximum absolute atomic E-state index is 11.6. The lowest BCUT2D eigenvalue weighted by molar-refractivity contribution is -0.120. The minimum absolute atomic E-state index is 0.0336. The summed E-state index contributed by atoms with van der Waals surface area (Å²) in [5.41, 5.74) is 0.388. The number of aromatic nitrogens is 2. The van der Waals surface area contributed by atoms with Gasteiger partial charge in [0.25, 0.3) is 0 Å². The van der Waals surface area contributed by atoms with Crippen LogP contribution in [0.5, 0.6) is 0 Å². The van der Waals surface area contributed by atoms with Gasteiger partial charge in [0.15, 0.2) is 5.78 Å². The highest BCUT2D eigenvalue weighted by Gasteiger charge is 2.47. The first kappa shape index (κ1) is 9.22. The maximum Gasteiger partial charge on any atom is 0.173 e. The molecule has 0 saturated heterocycles. The summed E-state index contributed by atoms with van der Waals surface area (Å²) < 4.78 is 1.52. The molecule has 5 heteroatoms. The van der Waals surface area contributed by atoms with Crippen LogP contribution >= 0.6 is 11.6 Å². The van der Waals surface area contributed by atoms with Gasteiger partial charge in [-0.2, -0.15) is 5.26 Å². The van der Waals surface area contributed by atoms with Crippen molar-refractivity contribution in [1.29, 1.82) is 5.26 Å². The van der Waals surface area contributed by atoms with Crippen LogP contribution in [0.25, 0.3) is 0 Å². The summed E-state index contributed by atoms with van der Waals surface area (Å²) in [6, 6.07) is 1.96. The fourth-order valence-electron chi connectivity index (χ4n) is 1.22. The van der Waals surface area contributed by atoms with Crippen molar-refractivity contribution >= 4 is 17.4 Å². The largest absolute Gasteiger partial charge is 0.315 e. The molecule has 0 N–H and O–H groups in total. The topological polar surface area (TPSA) is 58.7 Å². The zero-order chi connectivity index (χ0) is 10.2. The van der Waals surface area contributed by atoms with E-state index in [0.29, 0.717) is 5.69 Å². The Kier molecular flexibility index (Phi) is 2.05. The van der Waals surface area contributed by atoms with Crippen LogP contribution in [0.15, 0.2) is 12.5 Å². The summed E-state index contributed by atoms with van der Waals surface area (Å²) in [5, 5.41) is 8.68. The predicted octanol–water partition coefficient (Wildman–Crippen LogP) is 1.10. The van der Waals surface area contributed by atoms with Gasteiger partial charge in [0.05, 0.1) is 19.1 Å². The molecule has 1 aromatic rings. The highest BCUT2D eigenvalue weighted by Crippen LogP contribution is 2.43. The molecule has 0 unspecified atom stereocenters. The van der Waals surface area contributed by atoms with Crippen molar-refractivity contribution in [3.8, 4) is 6.07 Å². The van der Waals surface area contributed by atoms with Crippen LogP contribution in [-0.4, -0.2) is 20.2 Å². The summed E-state index contributed by atoms with van der Waals surface area (Å²) in [7, 11) is 0. The number of ketones is 1. The standard InChI is InChI=1S/C9H8ClN3O/c10-9(1-2-9)8(14)5-13-6-12-4-7(13)3-11/h4,6H,1-2,5H2. The number of Topliss-reactive ketones (excluding diaryl/α,β-unsaturated/α-hetero) is 1. The molecule has 2 rings (SSSR count). The van der Waals surface area contributed by atoms with Crippen LogP contribution in [0, 0.1) is 11.3 Å². The van der Waals surface area contributed by atoms with E-state index in [4.69, 9.17) is 16.9 Å². The van der Waals surface area contributed by atoms with Crippen LogP contribution < -0.4 is 0 Å². The second kappa shape index (κ2) is 3.10. The summed E-state index contributed by atoms with van der Waals surface area (Å²) in [4.78, 5) is 14.7. The lowest BCUT2D eigenvalue weighted by Gasteiger charge is -2.06. The van der Waals surface area contributed by atoms with E-state index in [0.717, 1.165) is 12.8 Å². The maximum atomic E-state index is 11.6. The third-order valence-electron chi connectivity index (χ3n) is 2.33. The normalized spacial score (nSPS) is 17.4. The molecule has 72 valence electrons. The van der Waals surface area contributed by atoms with Gasteiger partial charge in [0.1, 0.15) is 16.6 Å². The molecule has 0 spiro atoms. The Hall–Kier alpha value is -1.34. The van der Waals surface area contributed by atoms with Crippen LogP contribution in [0.2, 0.25) is 0 Å². The molecular formula is C9H8ClN3O. The molecule has 1 aliphatic rings. The van der Waals surface area contributed by atoms with Crippen molar-refractivity contribution < 1.29 is 4.79 Å². The number of hydrogen-bond acceptors (Lipinski definition) is 3. The van der Waals surface area contributed by atoms with Crippen LogP contribution in [0.3, 0.4) is 0 Å². The predicted molar refractivity (Wildman–Crippen MR) is 49.8 cm³/mol. The van der Waals surface area contributed by atoms with E-state index in [1.165, 1.54) is 17.1 Å². The monoisotopic (exact) mass is 209 g/mol. The Morgan fingerprint density at radius 3 is 3.07 bits per heavy atom. The summed E-state index contributed by atoms with van der Waals surface area (Å²) in [6.45, 7) is 0.145. The molecule has 1 aliphatic carbocycles. The average molecular weight is 210 g/mol. The van der Waals surface area contributed by atoms with E-state index in [1.807, 2.05) is 6.07 Å². The van der Waals surface area contributed by atoms with Gasteiger partial charge in [-0.05, 0) is 12.8 Å². The number of nitrogens with zero attached hydrogens (tertiary/aromatic N) is 3. The number of carbonyl (C=O) groups excluding carboxylic acids is 1. The molecule has 0 bridgehead atoms. The molecule has 1 heterocycles. The molecule has 0 aromatic carbocycles. The summed E-state index contributed by atoms with van der Waals surface area (Å²) >= 11 is 5.94. The van der Waals surface area contributed by atoms with Gasteiger partial charge in [-0.1, -0.05) is 0 Å². The highest BCUT2D eigenvalue weighted by atomic mass is 35.5. The Balaban J connectivity index is 2.12. The average Bonchev–Trinajstić information content (AvgIpc) is 2.78. The number of rotatable bonds is 3. The number of nitriles is 1. The molecule has 0 amide bonds. The quantitative estimate of drug-likeness (QED) is 0.701. The number of halogens is 1. The van der Waals surface area contributed by atoms with Crippen molar-refractivity contribution in [2.45, 2.75) is 24.3 Å². The van der Waals surface area contributed by atoms with Crippen molar-refractivity contribution in [1.82, 2.24) is 9.55 Å². The van der Waals surface area contributed by atoms with E-state index < -0.39 is 4.87 Å². The van der Waals surface area contributed by atoms with E-state index >= 15 is 0 Å². The fourth-order valence-corrected chi connectivity index (χ4v) is 1.38. The molecule has 1 saturated carbocycles. The van der Waals surface area contributed by atoms with Gasteiger partial charge >= 0.3 is 0 Å². The molecular weight excluding hydrogens is 202 g/mol. The molecule has 1 aromatic heterocycles. The van der Waals surface area contributed by atoms with E-state index in [-0.39, 0.29) is 12.3 Å². The zero-order valence-electron chi connectivity index (χ0n) is 7.40. The molecule has 14 heavy (non-hydrogen) atoms. The molecule has 0 atom stereocenters. The number of hydrogen-bond donors (Lipinski definition) is 0. The van der Waals surface area contributed by atoms with Crippen molar-refractivity contribution in [2.24, 2.45) is 0 Å². The van der Waals surface area contributed by atoms with Crippen molar-refractivity contribution in [2.75, 3.05) is 0 Å². The van der Waals surface area contributed by atoms with E-state index in [1.54, 1.807) is 0 Å². The minimum atomic E-state index is -0.656. The number of imidazole rings is 1. The van der Waals surface area contributed by atoms with Gasteiger partial charge < -0.3 is 4.57 Å². The van der Waals surface area contributed by atoms with Crippen molar-refractivity contribution in [3.05, 3.63) is 18.2 Å². The smallest absolute Gasteiger partial charge is 0.173 e. The van der Waals surface area contributed by atoms with Gasteiger partial charge in [-0.15, -0.1) is 11.6 Å².